The van der Waals surface area contributed by atoms with Crippen molar-refractivity contribution < 1.29 is 31.8 Å². The van der Waals surface area contributed by atoms with Crippen LogP contribution < -0.4 is 19.5 Å². The fourth-order valence-electron chi connectivity index (χ4n) is 3.65. The monoisotopic (exact) mass is 532 g/mol. The summed E-state index contributed by atoms with van der Waals surface area (Å²) in [7, 11) is -3.61. The number of alkyl halides is 2. The number of hydrogen-bond donors (Lipinski definition) is 4. The Balaban J connectivity index is 1.23. The van der Waals surface area contributed by atoms with Crippen molar-refractivity contribution in [3.63, 3.8) is 0 Å². The second-order valence-electron chi connectivity index (χ2n) is 8.16. The first kappa shape index (κ1) is 26.3. The molecule has 4 aromatic rings. The number of nitrogens with zero attached hydrogens (tertiary/aromatic N) is 1. The van der Waals surface area contributed by atoms with Crippen LogP contribution in [0, 0.1) is 0 Å². The molecule has 0 aliphatic heterocycles. The third-order valence-corrected chi connectivity index (χ3v) is 6.59. The van der Waals surface area contributed by atoms with E-state index in [9.17, 15) is 22.3 Å². The summed E-state index contributed by atoms with van der Waals surface area (Å²) < 4.78 is 62.4. The number of aliphatic hydroxyl groups excluding tert-OH is 1. The smallest absolute Gasteiger partial charge is 0.388 e. The lowest BCUT2D eigenvalue weighted by atomic mass is 10.1. The molecule has 196 valence electrons. The van der Waals surface area contributed by atoms with Crippen molar-refractivity contribution in [1.82, 2.24) is 15.5 Å². The number of aliphatic hydroxyl groups is 1. The third-order valence-electron chi connectivity index (χ3n) is 5.33. The number of sulfonamides is 1. The largest absolute Gasteiger partial charge is 0.492 e. The number of benzene rings is 3. The highest BCUT2D eigenvalue weighted by molar-refractivity contribution is 7.91. The van der Waals surface area contributed by atoms with Gasteiger partial charge in [0.2, 0.25) is 15.9 Å². The number of hydrogen-bond acceptors (Lipinski definition) is 7. The van der Waals surface area contributed by atoms with Crippen LogP contribution in [-0.2, 0) is 15.8 Å². The zero-order valence-electron chi connectivity index (χ0n) is 19.6. The maximum atomic E-state index is 12.5. The molecule has 1 aromatic heterocycles. The number of aromatic amines is 1. The predicted octanol–water partition coefficient (Wildman–Crippen LogP) is 3.81. The molecule has 0 amide bonds. The van der Waals surface area contributed by atoms with Gasteiger partial charge in [-0.3, -0.25) is 9.82 Å². The van der Waals surface area contributed by atoms with E-state index in [0.29, 0.717) is 40.0 Å². The van der Waals surface area contributed by atoms with Crippen molar-refractivity contribution in [1.29, 1.82) is 0 Å². The Morgan fingerprint density at radius 3 is 2.62 bits per heavy atom. The van der Waals surface area contributed by atoms with Gasteiger partial charge < -0.3 is 19.9 Å². The van der Waals surface area contributed by atoms with Crippen molar-refractivity contribution in [2.24, 2.45) is 0 Å². The molecule has 37 heavy (non-hydrogen) atoms. The molecule has 4 N–H and O–H groups in total. The van der Waals surface area contributed by atoms with Gasteiger partial charge in [-0.15, -0.1) is 5.10 Å². The Bertz CT molecular complexity index is 1420. The molecule has 3 aromatic carbocycles. The van der Waals surface area contributed by atoms with Crippen LogP contribution in [0.25, 0.3) is 10.9 Å². The summed E-state index contributed by atoms with van der Waals surface area (Å²) in [5, 5.41) is 20.4. The van der Waals surface area contributed by atoms with Crippen molar-refractivity contribution in [3.05, 3.63) is 83.9 Å². The number of aromatic nitrogens is 2. The van der Waals surface area contributed by atoms with Gasteiger partial charge in [-0.1, -0.05) is 42.5 Å². The van der Waals surface area contributed by atoms with E-state index in [0.717, 1.165) is 0 Å². The normalized spacial score (nSPS) is 12.5. The zero-order chi connectivity index (χ0) is 26.3. The predicted molar refractivity (Wildman–Crippen MR) is 135 cm³/mol. The van der Waals surface area contributed by atoms with Gasteiger partial charge in [0.05, 0.1) is 22.8 Å². The van der Waals surface area contributed by atoms with Gasteiger partial charge in [-0.25, -0.2) is 8.42 Å². The highest BCUT2D eigenvalue weighted by Crippen LogP contribution is 2.27. The minimum absolute atomic E-state index is 0.153. The summed E-state index contributed by atoms with van der Waals surface area (Å²) >= 11 is 0. The number of H-pyrrole nitrogens is 1. The molecule has 9 nitrogen and oxygen atoms in total. The number of halogens is 2. The summed E-state index contributed by atoms with van der Waals surface area (Å²) in [5.74, 6) is 0.179. The van der Waals surface area contributed by atoms with E-state index in [1.807, 2.05) is 6.07 Å². The standard InChI is InChI=1S/C25H26F2N4O5S/c26-25(27)36-24-21-10-9-20(14-22(21)29-30-24)35-12-11-28-15-23(32)18-7-4-8-19(13-18)31-37(33,34)16-17-5-2-1-3-6-17/h1-10,13-14,23,25,28,31-32H,11-12,15-16H2,(H,29,30). The van der Waals surface area contributed by atoms with E-state index in [4.69, 9.17) is 4.74 Å². The molecule has 0 bridgehead atoms. The van der Waals surface area contributed by atoms with Crippen molar-refractivity contribution >= 4 is 26.6 Å². The van der Waals surface area contributed by atoms with E-state index < -0.39 is 22.7 Å². The number of ether oxygens (including phenoxy) is 2. The first-order chi connectivity index (χ1) is 17.8. The molecule has 0 saturated carbocycles. The Morgan fingerprint density at radius 2 is 1.84 bits per heavy atom. The maximum absolute atomic E-state index is 12.5. The van der Waals surface area contributed by atoms with Gasteiger partial charge >= 0.3 is 6.61 Å². The van der Waals surface area contributed by atoms with Crippen molar-refractivity contribution in [3.8, 4) is 11.6 Å². The molecule has 1 heterocycles. The van der Waals surface area contributed by atoms with Crippen molar-refractivity contribution in [2.75, 3.05) is 24.4 Å². The van der Waals surface area contributed by atoms with Gasteiger partial charge in [0.1, 0.15) is 12.4 Å². The Kier molecular flexibility index (Phi) is 8.54. The lowest BCUT2D eigenvalue weighted by Gasteiger charge is -2.15. The second-order valence-corrected chi connectivity index (χ2v) is 9.88. The quantitative estimate of drug-likeness (QED) is 0.193. The summed E-state index contributed by atoms with van der Waals surface area (Å²) in [6.45, 7) is -2.04. The molecule has 0 fully saturated rings. The number of fused-ring (bicyclic) bond motifs is 1. The number of rotatable bonds is 13. The lowest BCUT2D eigenvalue weighted by Crippen LogP contribution is -2.26. The molecular weight excluding hydrogens is 506 g/mol. The van der Waals surface area contributed by atoms with E-state index in [2.05, 4.69) is 25.0 Å². The number of anilines is 1. The highest BCUT2D eigenvalue weighted by Gasteiger charge is 2.14. The minimum atomic E-state index is -3.61. The molecule has 1 atom stereocenters. The summed E-state index contributed by atoms with van der Waals surface area (Å²) in [4.78, 5) is 0. The Morgan fingerprint density at radius 1 is 1.03 bits per heavy atom. The van der Waals surface area contributed by atoms with Gasteiger partial charge in [-0.05, 0) is 35.4 Å². The fraction of sp³-hybridized carbons (Fsp3) is 0.240. The molecule has 0 aliphatic carbocycles. The summed E-state index contributed by atoms with van der Waals surface area (Å²) in [6, 6.07) is 20.3. The first-order valence-corrected chi connectivity index (χ1v) is 13.0. The first-order valence-electron chi connectivity index (χ1n) is 11.4. The van der Waals surface area contributed by atoms with Crippen LogP contribution in [0.3, 0.4) is 0 Å². The van der Waals surface area contributed by atoms with Crippen LogP contribution in [0.2, 0.25) is 0 Å². The molecule has 4 rings (SSSR count). The molecule has 0 aliphatic rings. The van der Waals surface area contributed by atoms with Gasteiger partial charge in [-0.2, -0.15) is 8.78 Å². The van der Waals surface area contributed by atoms with Crippen LogP contribution >= 0.6 is 0 Å². The van der Waals surface area contributed by atoms with Crippen LogP contribution in [0.15, 0.2) is 72.8 Å². The van der Waals surface area contributed by atoms with E-state index in [-0.39, 0.29) is 24.8 Å². The van der Waals surface area contributed by atoms with Gasteiger partial charge in [0, 0.05) is 24.8 Å². The van der Waals surface area contributed by atoms with E-state index >= 15 is 0 Å². The number of nitrogens with one attached hydrogen (secondary N) is 3. The zero-order valence-corrected chi connectivity index (χ0v) is 20.4. The van der Waals surface area contributed by atoms with Gasteiger partial charge in [0.15, 0.2) is 0 Å². The summed E-state index contributed by atoms with van der Waals surface area (Å²) in [5.41, 5.74) is 2.09. The fourth-order valence-corrected chi connectivity index (χ4v) is 4.84. The average Bonchev–Trinajstić information content (AvgIpc) is 3.25. The van der Waals surface area contributed by atoms with Gasteiger partial charge in [0.25, 0.3) is 0 Å². The van der Waals surface area contributed by atoms with Crippen molar-refractivity contribution in [2.45, 2.75) is 18.5 Å². The van der Waals surface area contributed by atoms with Crippen LogP contribution in [0.4, 0.5) is 14.5 Å². The average molecular weight is 533 g/mol. The second kappa shape index (κ2) is 12.0. The lowest BCUT2D eigenvalue weighted by molar-refractivity contribution is -0.0518. The third kappa shape index (κ3) is 7.62. The van der Waals surface area contributed by atoms with E-state index in [1.165, 1.54) is 0 Å². The SMILES string of the molecule is O=S(=O)(Cc1ccccc1)Nc1cccc(C(O)CNCCOc2ccc3c(OC(F)F)n[nH]c3c2)c1. The van der Waals surface area contributed by atoms with Crippen LogP contribution in [0.1, 0.15) is 17.2 Å². The highest BCUT2D eigenvalue weighted by atomic mass is 32.2. The summed E-state index contributed by atoms with van der Waals surface area (Å²) in [6.07, 6.45) is -0.867. The van der Waals surface area contributed by atoms with E-state index in [1.54, 1.807) is 66.7 Å². The topological polar surface area (TPSA) is 126 Å². The molecule has 12 heteroatoms. The van der Waals surface area contributed by atoms with Crippen LogP contribution in [0.5, 0.6) is 11.6 Å². The molecule has 0 spiro atoms. The molecular formula is C25H26F2N4O5S. The molecule has 1 unspecified atom stereocenters. The minimum Gasteiger partial charge on any atom is -0.492 e. The molecule has 0 saturated heterocycles. The maximum Gasteiger partial charge on any atom is 0.388 e. The van der Waals surface area contributed by atoms with Crippen LogP contribution in [-0.4, -0.2) is 50.0 Å². The Labute approximate surface area is 212 Å². The Hall–Kier alpha value is -3.74. The molecule has 0 radical (unpaired) electrons.